The van der Waals surface area contributed by atoms with E-state index in [9.17, 15) is 0 Å². The van der Waals surface area contributed by atoms with E-state index in [-0.39, 0.29) is 0 Å². The summed E-state index contributed by atoms with van der Waals surface area (Å²) in [4.78, 5) is 2.60. The highest BCUT2D eigenvalue weighted by atomic mass is 15.3. The van der Waals surface area contributed by atoms with Crippen LogP contribution in [0.5, 0.6) is 0 Å². The molecular weight excluding hydrogens is 236 g/mol. The van der Waals surface area contributed by atoms with Crippen LogP contribution in [0.25, 0.3) is 0 Å². The summed E-state index contributed by atoms with van der Waals surface area (Å²) in [7, 11) is 0. The monoisotopic (exact) mass is 262 g/mol. The second-order valence-corrected chi connectivity index (χ2v) is 6.08. The number of aromatic nitrogens is 3. The molecule has 106 valence electrons. The van der Waals surface area contributed by atoms with Gasteiger partial charge in [0.15, 0.2) is 0 Å². The average Bonchev–Trinajstić information content (AvgIpc) is 2.69. The fraction of sp³-hybridized carbons (Fsp3) is 0.867. The maximum Gasteiger partial charge on any atom is 0.137 e. The number of rotatable bonds is 3. The Hall–Kier alpha value is -0.900. The summed E-state index contributed by atoms with van der Waals surface area (Å²) in [6.45, 7) is 7.10. The third-order valence-electron chi connectivity index (χ3n) is 4.55. The number of likely N-dealkylation sites (tertiary alicyclic amines) is 1. The summed E-state index contributed by atoms with van der Waals surface area (Å²) in [6.07, 6.45) is 8.90. The Labute approximate surface area is 116 Å². The summed E-state index contributed by atoms with van der Waals surface area (Å²) in [5.74, 6) is 3.12. The summed E-state index contributed by atoms with van der Waals surface area (Å²) < 4.78 is 2.44. The number of nitrogens with zero attached hydrogens (tertiary/aromatic N) is 4. The minimum Gasteiger partial charge on any atom is -0.315 e. The quantitative estimate of drug-likeness (QED) is 0.839. The van der Waals surface area contributed by atoms with Crippen LogP contribution in [-0.2, 0) is 13.0 Å². The van der Waals surface area contributed by atoms with Gasteiger partial charge in [-0.3, -0.25) is 0 Å². The maximum absolute atomic E-state index is 4.54. The molecule has 1 fully saturated rings. The van der Waals surface area contributed by atoms with Gasteiger partial charge < -0.3 is 9.47 Å². The highest BCUT2D eigenvalue weighted by molar-refractivity contribution is 5.05. The van der Waals surface area contributed by atoms with E-state index in [1.165, 1.54) is 69.8 Å². The van der Waals surface area contributed by atoms with Crippen LogP contribution in [0.2, 0.25) is 0 Å². The zero-order valence-electron chi connectivity index (χ0n) is 12.1. The van der Waals surface area contributed by atoms with E-state index in [0.29, 0.717) is 5.92 Å². The smallest absolute Gasteiger partial charge is 0.137 e. The fourth-order valence-corrected chi connectivity index (χ4v) is 3.60. The van der Waals surface area contributed by atoms with Gasteiger partial charge in [-0.2, -0.15) is 0 Å². The minimum atomic E-state index is 0.611. The summed E-state index contributed by atoms with van der Waals surface area (Å²) in [5.41, 5.74) is 0. The van der Waals surface area contributed by atoms with Gasteiger partial charge in [0.05, 0.1) is 0 Å². The van der Waals surface area contributed by atoms with Crippen LogP contribution in [0.4, 0.5) is 0 Å². The molecule has 1 saturated heterocycles. The largest absolute Gasteiger partial charge is 0.315 e. The average molecular weight is 262 g/mol. The molecule has 0 aromatic carbocycles. The van der Waals surface area contributed by atoms with Crippen molar-refractivity contribution in [2.45, 2.75) is 64.3 Å². The molecule has 0 aliphatic carbocycles. The van der Waals surface area contributed by atoms with Crippen molar-refractivity contribution in [2.24, 2.45) is 0 Å². The van der Waals surface area contributed by atoms with Gasteiger partial charge in [0.1, 0.15) is 11.6 Å². The molecule has 0 spiro atoms. The Morgan fingerprint density at radius 3 is 2.95 bits per heavy atom. The lowest BCUT2D eigenvalue weighted by atomic mass is 9.97. The normalized spacial score (nSPS) is 25.0. The predicted octanol–water partition coefficient (Wildman–Crippen LogP) is 2.59. The van der Waals surface area contributed by atoms with Crippen LogP contribution in [0.1, 0.15) is 63.0 Å². The van der Waals surface area contributed by atoms with E-state index in [4.69, 9.17) is 0 Å². The Morgan fingerprint density at radius 1 is 1.11 bits per heavy atom. The predicted molar refractivity (Wildman–Crippen MR) is 76.3 cm³/mol. The van der Waals surface area contributed by atoms with Gasteiger partial charge in [-0.15, -0.1) is 10.2 Å². The minimum absolute atomic E-state index is 0.611. The molecule has 4 heteroatoms. The maximum atomic E-state index is 4.54. The van der Waals surface area contributed by atoms with Crippen molar-refractivity contribution in [3.63, 3.8) is 0 Å². The lowest BCUT2D eigenvalue weighted by Gasteiger charge is -2.32. The first-order valence-corrected chi connectivity index (χ1v) is 8.03. The topological polar surface area (TPSA) is 34.0 Å². The molecule has 1 aromatic rings. The van der Waals surface area contributed by atoms with Gasteiger partial charge in [-0.05, 0) is 45.2 Å². The van der Waals surface area contributed by atoms with E-state index in [1.54, 1.807) is 0 Å². The zero-order valence-corrected chi connectivity index (χ0v) is 12.1. The fourth-order valence-electron chi connectivity index (χ4n) is 3.60. The van der Waals surface area contributed by atoms with Crippen LogP contribution in [0, 0.1) is 0 Å². The summed E-state index contributed by atoms with van der Waals surface area (Å²) in [5, 5.41) is 9.00. The van der Waals surface area contributed by atoms with E-state index in [2.05, 4.69) is 26.6 Å². The first-order chi connectivity index (χ1) is 9.38. The van der Waals surface area contributed by atoms with Crippen molar-refractivity contribution in [3.8, 4) is 0 Å². The van der Waals surface area contributed by atoms with Crippen molar-refractivity contribution >= 4 is 0 Å². The molecule has 0 amide bonds. The van der Waals surface area contributed by atoms with Gasteiger partial charge in [0, 0.05) is 25.4 Å². The summed E-state index contributed by atoms with van der Waals surface area (Å²) in [6, 6.07) is 0. The molecule has 1 unspecified atom stereocenters. The molecule has 1 aromatic heterocycles. The van der Waals surface area contributed by atoms with E-state index >= 15 is 0 Å². The number of piperidine rings is 1. The van der Waals surface area contributed by atoms with Crippen LogP contribution < -0.4 is 0 Å². The lowest BCUT2D eigenvalue weighted by molar-refractivity contribution is 0.202. The Balaban J connectivity index is 1.76. The zero-order chi connectivity index (χ0) is 13.1. The van der Waals surface area contributed by atoms with E-state index in [1.807, 2.05) is 0 Å². The van der Waals surface area contributed by atoms with Gasteiger partial charge in [0.25, 0.3) is 0 Å². The molecule has 0 radical (unpaired) electrons. The van der Waals surface area contributed by atoms with Crippen molar-refractivity contribution in [1.82, 2.24) is 19.7 Å². The number of fused-ring (bicyclic) bond motifs is 1. The SMILES string of the molecule is CCCN1CCCC(c2nnc3n2CCCCC3)C1. The Bertz CT molecular complexity index is 410. The van der Waals surface area contributed by atoms with Crippen molar-refractivity contribution in [1.29, 1.82) is 0 Å². The van der Waals surface area contributed by atoms with E-state index < -0.39 is 0 Å². The number of hydrogen-bond acceptors (Lipinski definition) is 3. The number of aryl methyl sites for hydroxylation is 1. The van der Waals surface area contributed by atoms with Gasteiger partial charge >= 0.3 is 0 Å². The van der Waals surface area contributed by atoms with Crippen LogP contribution in [0.3, 0.4) is 0 Å². The molecule has 2 aliphatic heterocycles. The Morgan fingerprint density at radius 2 is 2.05 bits per heavy atom. The van der Waals surface area contributed by atoms with Crippen molar-refractivity contribution in [2.75, 3.05) is 19.6 Å². The second kappa shape index (κ2) is 6.04. The van der Waals surface area contributed by atoms with E-state index in [0.717, 1.165) is 13.0 Å². The highest BCUT2D eigenvalue weighted by Gasteiger charge is 2.26. The molecule has 3 heterocycles. The van der Waals surface area contributed by atoms with Crippen molar-refractivity contribution in [3.05, 3.63) is 11.6 Å². The highest BCUT2D eigenvalue weighted by Crippen LogP contribution is 2.27. The molecule has 0 N–H and O–H groups in total. The second-order valence-electron chi connectivity index (χ2n) is 6.08. The van der Waals surface area contributed by atoms with Crippen molar-refractivity contribution < 1.29 is 0 Å². The molecule has 0 saturated carbocycles. The standard InChI is InChI=1S/C15H26N4/c1-2-9-18-10-6-7-13(12-18)15-17-16-14-8-4-3-5-11-19(14)15/h13H,2-12H2,1H3. The van der Waals surface area contributed by atoms with Crippen LogP contribution in [0.15, 0.2) is 0 Å². The Kier molecular flexibility index (Phi) is 4.16. The molecule has 1 atom stereocenters. The van der Waals surface area contributed by atoms with Gasteiger partial charge in [0.2, 0.25) is 0 Å². The molecule has 4 nitrogen and oxygen atoms in total. The van der Waals surface area contributed by atoms with Crippen LogP contribution >= 0.6 is 0 Å². The lowest BCUT2D eigenvalue weighted by Crippen LogP contribution is -2.35. The van der Waals surface area contributed by atoms with Gasteiger partial charge in [-0.1, -0.05) is 13.3 Å². The molecule has 0 bridgehead atoms. The van der Waals surface area contributed by atoms with Gasteiger partial charge in [-0.25, -0.2) is 0 Å². The molecule has 2 aliphatic rings. The molecular formula is C15H26N4. The van der Waals surface area contributed by atoms with Crippen LogP contribution in [-0.4, -0.2) is 39.3 Å². The first kappa shape index (κ1) is 13.1. The third-order valence-corrected chi connectivity index (χ3v) is 4.55. The third kappa shape index (κ3) is 2.83. The molecule has 3 rings (SSSR count). The summed E-state index contributed by atoms with van der Waals surface area (Å²) >= 11 is 0. The first-order valence-electron chi connectivity index (χ1n) is 8.03. The number of hydrogen-bond donors (Lipinski definition) is 0. The molecule has 19 heavy (non-hydrogen) atoms.